The van der Waals surface area contributed by atoms with E-state index in [9.17, 15) is 4.79 Å². The number of hydrogen-bond donors (Lipinski definition) is 0. The van der Waals surface area contributed by atoms with Crippen LogP contribution in [0.4, 0.5) is 0 Å². The largest absolute Gasteiger partial charge is 0.493 e. The molecule has 0 radical (unpaired) electrons. The van der Waals surface area contributed by atoms with Crippen molar-refractivity contribution >= 4 is 33.9 Å². The van der Waals surface area contributed by atoms with Crippen LogP contribution in [0.25, 0.3) is 6.08 Å². The number of esters is 1. The van der Waals surface area contributed by atoms with Gasteiger partial charge in [-0.05, 0) is 65.2 Å². The van der Waals surface area contributed by atoms with Crippen molar-refractivity contribution in [1.82, 2.24) is 0 Å². The predicted molar refractivity (Wildman–Crippen MR) is 108 cm³/mol. The monoisotopic (exact) mass is 429 g/mol. The van der Waals surface area contributed by atoms with Gasteiger partial charge in [0, 0.05) is 5.56 Å². The van der Waals surface area contributed by atoms with Crippen LogP contribution in [0.15, 0.2) is 57.6 Å². The number of hydrogen-bond acceptors (Lipinski definition) is 5. The minimum Gasteiger partial charge on any atom is -0.493 e. The highest BCUT2D eigenvalue weighted by Gasteiger charge is 2.24. The van der Waals surface area contributed by atoms with Crippen LogP contribution >= 0.6 is 15.9 Å². The maximum atomic E-state index is 12.2. The highest BCUT2D eigenvalue weighted by Crippen LogP contribution is 2.38. The van der Waals surface area contributed by atoms with Crippen LogP contribution in [0.1, 0.15) is 31.4 Å². The van der Waals surface area contributed by atoms with Gasteiger partial charge in [-0.25, -0.2) is 9.79 Å². The lowest BCUT2D eigenvalue weighted by Gasteiger charge is -2.17. The van der Waals surface area contributed by atoms with Gasteiger partial charge in [0.15, 0.2) is 17.2 Å². The number of aliphatic imine (C=N–C) groups is 1. The molecule has 1 aliphatic heterocycles. The Hall–Kier alpha value is -2.60. The van der Waals surface area contributed by atoms with Gasteiger partial charge in [0.05, 0.1) is 17.7 Å². The summed E-state index contributed by atoms with van der Waals surface area (Å²) in [5.41, 5.74) is 1.74. The van der Waals surface area contributed by atoms with Crippen LogP contribution in [0.3, 0.4) is 0 Å². The fourth-order valence-corrected chi connectivity index (χ4v) is 3.05. The molecule has 2 aromatic carbocycles. The predicted octanol–water partition coefficient (Wildman–Crippen LogP) is 4.98. The molecule has 5 nitrogen and oxygen atoms in total. The number of cyclic esters (lactones) is 1. The molecule has 27 heavy (non-hydrogen) atoms. The molecule has 0 fully saturated rings. The molecule has 0 saturated carbocycles. The molecular formula is C21H20BrNO4. The average Bonchev–Trinajstić information content (AvgIpc) is 3.04. The molecule has 6 heteroatoms. The van der Waals surface area contributed by atoms with Gasteiger partial charge in [0.1, 0.15) is 0 Å². The Morgan fingerprint density at radius 1 is 1.26 bits per heavy atom. The van der Waals surface area contributed by atoms with Gasteiger partial charge >= 0.3 is 5.97 Å². The van der Waals surface area contributed by atoms with Gasteiger partial charge in [-0.1, -0.05) is 25.1 Å². The Labute approximate surface area is 166 Å². The molecule has 1 heterocycles. The summed E-state index contributed by atoms with van der Waals surface area (Å²) in [6.45, 7) is 4.05. The summed E-state index contributed by atoms with van der Waals surface area (Å²) in [5, 5.41) is 0. The molecule has 3 rings (SSSR count). The van der Waals surface area contributed by atoms with Crippen LogP contribution < -0.4 is 9.47 Å². The van der Waals surface area contributed by atoms with Gasteiger partial charge in [-0.15, -0.1) is 0 Å². The fraction of sp³-hybridized carbons (Fsp3) is 0.238. The minimum atomic E-state index is -0.483. The van der Waals surface area contributed by atoms with Gasteiger partial charge in [-0.3, -0.25) is 0 Å². The van der Waals surface area contributed by atoms with Crippen molar-refractivity contribution in [2.75, 3.05) is 7.11 Å². The van der Waals surface area contributed by atoms with Gasteiger partial charge in [-0.2, -0.15) is 0 Å². The fourth-order valence-electron chi connectivity index (χ4n) is 2.49. The van der Waals surface area contributed by atoms with Crippen LogP contribution in [0.2, 0.25) is 0 Å². The zero-order valence-electron chi connectivity index (χ0n) is 15.4. The number of rotatable bonds is 6. The lowest BCUT2D eigenvalue weighted by molar-refractivity contribution is -0.129. The first-order chi connectivity index (χ1) is 13.0. The number of halogens is 1. The van der Waals surface area contributed by atoms with E-state index in [1.807, 2.05) is 43.3 Å². The normalized spacial score (nSPS) is 16.1. The molecule has 1 aliphatic rings. The van der Waals surface area contributed by atoms with Crippen LogP contribution in [-0.4, -0.2) is 25.1 Å². The Bertz CT molecular complexity index is 906. The van der Waals surface area contributed by atoms with E-state index < -0.39 is 5.97 Å². The summed E-state index contributed by atoms with van der Waals surface area (Å²) in [7, 11) is 1.58. The zero-order valence-corrected chi connectivity index (χ0v) is 16.9. The Morgan fingerprint density at radius 2 is 2.00 bits per heavy atom. The summed E-state index contributed by atoms with van der Waals surface area (Å²) in [6, 6.07) is 13.0. The summed E-state index contributed by atoms with van der Waals surface area (Å²) in [5.74, 6) is 1.03. The lowest BCUT2D eigenvalue weighted by Crippen LogP contribution is -2.11. The highest BCUT2D eigenvalue weighted by atomic mass is 79.9. The third kappa shape index (κ3) is 4.39. The van der Waals surface area contributed by atoms with E-state index in [2.05, 4.69) is 27.8 Å². The second-order valence-electron chi connectivity index (χ2n) is 6.07. The first kappa shape index (κ1) is 19.2. The van der Waals surface area contributed by atoms with Crippen LogP contribution in [-0.2, 0) is 9.53 Å². The number of benzene rings is 2. The minimum absolute atomic E-state index is 0.0576. The Balaban J connectivity index is 1.93. The Kier molecular flexibility index (Phi) is 5.96. The lowest BCUT2D eigenvalue weighted by atomic mass is 10.1. The van der Waals surface area contributed by atoms with Gasteiger partial charge < -0.3 is 14.2 Å². The van der Waals surface area contributed by atoms with Crippen molar-refractivity contribution in [3.63, 3.8) is 0 Å². The van der Waals surface area contributed by atoms with E-state index in [0.717, 1.165) is 22.0 Å². The summed E-state index contributed by atoms with van der Waals surface area (Å²) >= 11 is 3.52. The molecule has 0 N–H and O–H groups in total. The summed E-state index contributed by atoms with van der Waals surface area (Å²) in [6.07, 6.45) is 2.60. The van der Waals surface area contributed by atoms with E-state index in [-0.39, 0.29) is 11.8 Å². The Morgan fingerprint density at radius 3 is 2.67 bits per heavy atom. The van der Waals surface area contributed by atoms with Gasteiger partial charge in [0.25, 0.3) is 0 Å². The van der Waals surface area contributed by atoms with Crippen molar-refractivity contribution in [2.24, 2.45) is 4.99 Å². The number of carbonyl (C=O) groups is 1. The number of ether oxygens (including phenoxy) is 3. The topological polar surface area (TPSA) is 57.1 Å². The average molecular weight is 430 g/mol. The maximum Gasteiger partial charge on any atom is 0.363 e. The van der Waals surface area contributed by atoms with Crippen LogP contribution in [0, 0.1) is 0 Å². The quantitative estimate of drug-likeness (QED) is 0.479. The number of methoxy groups -OCH3 is 1. The van der Waals surface area contributed by atoms with Crippen LogP contribution in [0.5, 0.6) is 11.5 Å². The second kappa shape index (κ2) is 8.39. The molecule has 2 aromatic rings. The van der Waals surface area contributed by atoms with E-state index in [1.54, 1.807) is 19.3 Å². The van der Waals surface area contributed by atoms with Crippen molar-refractivity contribution in [2.45, 2.75) is 26.4 Å². The van der Waals surface area contributed by atoms with E-state index >= 15 is 0 Å². The third-order valence-electron chi connectivity index (χ3n) is 4.09. The first-order valence-corrected chi connectivity index (χ1v) is 9.43. The molecule has 1 atom stereocenters. The highest BCUT2D eigenvalue weighted by molar-refractivity contribution is 9.10. The van der Waals surface area contributed by atoms with Gasteiger partial charge in [0.2, 0.25) is 5.90 Å². The van der Waals surface area contributed by atoms with E-state index in [0.29, 0.717) is 17.4 Å². The molecule has 0 amide bonds. The van der Waals surface area contributed by atoms with Crippen molar-refractivity contribution < 1.29 is 19.0 Å². The first-order valence-electron chi connectivity index (χ1n) is 8.64. The maximum absolute atomic E-state index is 12.2. The summed E-state index contributed by atoms with van der Waals surface area (Å²) < 4.78 is 17.4. The number of nitrogens with zero attached hydrogens (tertiary/aromatic N) is 1. The van der Waals surface area contributed by atoms with Crippen molar-refractivity contribution in [3.05, 3.63) is 63.8 Å². The molecule has 0 aliphatic carbocycles. The molecule has 1 unspecified atom stereocenters. The van der Waals surface area contributed by atoms with Crippen molar-refractivity contribution in [3.8, 4) is 11.5 Å². The number of carbonyl (C=O) groups excluding carboxylic acids is 1. The third-order valence-corrected chi connectivity index (χ3v) is 4.68. The van der Waals surface area contributed by atoms with E-state index in [4.69, 9.17) is 14.2 Å². The second-order valence-corrected chi connectivity index (χ2v) is 6.93. The smallest absolute Gasteiger partial charge is 0.363 e. The standard InChI is InChI=1S/C21H20BrNO4/c1-4-13(2)26-19-16(22)10-14(12-18(19)25-3)11-17-21(24)27-20(23-17)15-8-6-5-7-9-15/h5-13H,4H2,1-3H3/b17-11-. The molecular weight excluding hydrogens is 410 g/mol. The SMILES string of the molecule is CCC(C)Oc1c(Br)cc(/C=C2\N=C(c3ccccc3)OC2=O)cc1OC. The zero-order chi connectivity index (χ0) is 19.4. The molecule has 0 spiro atoms. The van der Waals surface area contributed by atoms with E-state index in [1.165, 1.54) is 0 Å². The molecule has 0 bridgehead atoms. The summed E-state index contributed by atoms with van der Waals surface area (Å²) in [4.78, 5) is 16.5. The molecule has 0 aromatic heterocycles. The molecule has 140 valence electrons. The van der Waals surface area contributed by atoms with Crippen molar-refractivity contribution in [1.29, 1.82) is 0 Å². The molecule has 0 saturated heterocycles.